The Morgan fingerprint density at radius 1 is 1.25 bits per heavy atom. The van der Waals surface area contributed by atoms with E-state index in [9.17, 15) is 0 Å². The molecule has 0 aromatic carbocycles. The van der Waals surface area contributed by atoms with Gasteiger partial charge in [-0.2, -0.15) is 0 Å². The van der Waals surface area contributed by atoms with Gasteiger partial charge in [0.2, 0.25) is 0 Å². The molecular formula is C19H24N4S. The number of fused-ring (bicyclic) bond motifs is 1. The van der Waals surface area contributed by atoms with E-state index in [-0.39, 0.29) is 0 Å². The van der Waals surface area contributed by atoms with E-state index in [1.54, 1.807) is 0 Å². The molecule has 0 spiro atoms. The van der Waals surface area contributed by atoms with E-state index in [1.807, 2.05) is 18.0 Å². The van der Waals surface area contributed by atoms with Crippen LogP contribution in [0.15, 0.2) is 35.5 Å². The van der Waals surface area contributed by atoms with E-state index < -0.39 is 0 Å². The average Bonchev–Trinajstić information content (AvgIpc) is 3.23. The van der Waals surface area contributed by atoms with Gasteiger partial charge in [-0.1, -0.05) is 24.8 Å². The first-order valence-electron chi connectivity index (χ1n) is 8.89. The fourth-order valence-corrected chi connectivity index (χ4v) is 4.62. The molecule has 4 heterocycles. The van der Waals surface area contributed by atoms with Crippen LogP contribution >= 0.6 is 11.8 Å². The summed E-state index contributed by atoms with van der Waals surface area (Å²) in [6.45, 7) is 5.64. The summed E-state index contributed by atoms with van der Waals surface area (Å²) in [7, 11) is 0. The first-order chi connectivity index (χ1) is 11.8. The largest absolute Gasteiger partial charge is 0.358 e. The number of rotatable bonds is 5. The number of thioether (sulfide) groups is 1. The Morgan fingerprint density at radius 3 is 2.96 bits per heavy atom. The van der Waals surface area contributed by atoms with Gasteiger partial charge >= 0.3 is 0 Å². The summed E-state index contributed by atoms with van der Waals surface area (Å²) >= 11 is 1.83. The molecule has 5 heteroatoms. The minimum atomic E-state index is 0.328. The molecule has 24 heavy (non-hydrogen) atoms. The summed E-state index contributed by atoms with van der Waals surface area (Å²) in [5, 5.41) is 5.09. The topological polar surface area (TPSA) is 41.1 Å². The van der Waals surface area contributed by atoms with Gasteiger partial charge in [-0.15, -0.1) is 0 Å². The van der Waals surface area contributed by atoms with Crippen LogP contribution in [0.25, 0.3) is 0 Å². The zero-order valence-electron chi connectivity index (χ0n) is 14.2. The van der Waals surface area contributed by atoms with Crippen LogP contribution in [-0.2, 0) is 19.4 Å². The second-order valence-electron chi connectivity index (χ2n) is 6.61. The lowest BCUT2D eigenvalue weighted by molar-refractivity contribution is 0.331. The minimum absolute atomic E-state index is 0.328. The van der Waals surface area contributed by atoms with Gasteiger partial charge in [0.15, 0.2) is 0 Å². The fourth-order valence-electron chi connectivity index (χ4n) is 3.43. The van der Waals surface area contributed by atoms with Crippen LogP contribution in [0.5, 0.6) is 0 Å². The van der Waals surface area contributed by atoms with Gasteiger partial charge in [0.1, 0.15) is 10.8 Å². The summed E-state index contributed by atoms with van der Waals surface area (Å²) in [5.41, 5.74) is 3.87. The van der Waals surface area contributed by atoms with E-state index in [0.29, 0.717) is 5.37 Å². The molecule has 0 aliphatic carbocycles. The van der Waals surface area contributed by atoms with Crippen LogP contribution in [0.2, 0.25) is 0 Å². The number of nitrogens with one attached hydrogen (secondary N) is 1. The summed E-state index contributed by atoms with van der Waals surface area (Å²) < 4.78 is 0. The highest BCUT2D eigenvalue weighted by atomic mass is 32.2. The van der Waals surface area contributed by atoms with Gasteiger partial charge in [0.25, 0.3) is 0 Å². The lowest BCUT2D eigenvalue weighted by atomic mass is 10.2. The van der Waals surface area contributed by atoms with E-state index in [0.717, 1.165) is 25.2 Å². The molecule has 1 N–H and O–H groups in total. The summed E-state index contributed by atoms with van der Waals surface area (Å²) in [4.78, 5) is 11.8. The number of nitrogens with zero attached hydrogens (tertiary/aromatic N) is 3. The van der Waals surface area contributed by atoms with Crippen molar-refractivity contribution >= 4 is 17.6 Å². The Kier molecular flexibility index (Phi) is 4.72. The fraction of sp³-hybridized carbons (Fsp3) is 0.474. The number of pyridine rings is 2. The normalized spacial score (nSPS) is 20.3. The van der Waals surface area contributed by atoms with Crippen molar-refractivity contribution in [3.63, 3.8) is 0 Å². The standard InChI is InChI=1S/C19H24N4S/c1-2-16-6-5-15-12-18(24-19(15)21-16)22-17-11-14(7-8-20-17)13-23-9-3-4-10-23/h5-8,11,18H,2-4,9-10,12-13H2,1H3,(H,20,22). The monoisotopic (exact) mass is 340 g/mol. The predicted octanol–water partition coefficient (Wildman–Crippen LogP) is 3.72. The molecule has 2 aromatic heterocycles. The molecule has 1 fully saturated rings. The molecule has 0 amide bonds. The Morgan fingerprint density at radius 2 is 2.12 bits per heavy atom. The van der Waals surface area contributed by atoms with Crippen molar-refractivity contribution in [1.82, 2.24) is 14.9 Å². The van der Waals surface area contributed by atoms with Crippen molar-refractivity contribution in [3.05, 3.63) is 47.3 Å². The van der Waals surface area contributed by atoms with Gasteiger partial charge in [-0.3, -0.25) is 4.90 Å². The maximum Gasteiger partial charge on any atom is 0.127 e. The average molecular weight is 340 g/mol. The quantitative estimate of drug-likeness (QED) is 0.898. The molecule has 4 rings (SSSR count). The highest BCUT2D eigenvalue weighted by Gasteiger charge is 2.24. The van der Waals surface area contributed by atoms with Crippen LogP contribution in [0.3, 0.4) is 0 Å². The third kappa shape index (κ3) is 3.57. The molecule has 126 valence electrons. The number of hydrogen-bond acceptors (Lipinski definition) is 5. The molecule has 1 atom stereocenters. The van der Waals surface area contributed by atoms with Gasteiger partial charge in [-0.05, 0) is 61.7 Å². The van der Waals surface area contributed by atoms with E-state index in [4.69, 9.17) is 4.98 Å². The zero-order chi connectivity index (χ0) is 16.4. The predicted molar refractivity (Wildman–Crippen MR) is 99.3 cm³/mol. The number of hydrogen-bond donors (Lipinski definition) is 1. The molecule has 4 nitrogen and oxygen atoms in total. The van der Waals surface area contributed by atoms with Gasteiger partial charge in [-0.25, -0.2) is 9.97 Å². The van der Waals surface area contributed by atoms with E-state index in [2.05, 4.69) is 46.4 Å². The molecule has 1 unspecified atom stereocenters. The first kappa shape index (κ1) is 15.9. The highest BCUT2D eigenvalue weighted by molar-refractivity contribution is 8.00. The number of anilines is 1. The van der Waals surface area contributed by atoms with E-state index >= 15 is 0 Å². The van der Waals surface area contributed by atoms with Crippen LogP contribution in [-0.4, -0.2) is 33.3 Å². The Labute approximate surface area is 148 Å². The number of aryl methyl sites for hydroxylation is 1. The minimum Gasteiger partial charge on any atom is -0.358 e. The smallest absolute Gasteiger partial charge is 0.127 e. The molecule has 0 radical (unpaired) electrons. The van der Waals surface area contributed by atoms with Crippen LogP contribution < -0.4 is 5.32 Å². The van der Waals surface area contributed by atoms with Gasteiger partial charge < -0.3 is 5.32 Å². The summed E-state index contributed by atoms with van der Waals surface area (Å²) in [6, 6.07) is 8.71. The van der Waals surface area contributed by atoms with Crippen molar-refractivity contribution in [2.24, 2.45) is 0 Å². The Hall–Kier alpha value is -1.59. The molecule has 2 aliphatic rings. The highest BCUT2D eigenvalue weighted by Crippen LogP contribution is 2.36. The molecule has 2 aromatic rings. The molecule has 0 bridgehead atoms. The summed E-state index contributed by atoms with van der Waals surface area (Å²) in [6.07, 6.45) is 6.59. The molecular weight excluding hydrogens is 316 g/mol. The molecule has 1 saturated heterocycles. The zero-order valence-corrected chi connectivity index (χ0v) is 15.0. The van der Waals surface area contributed by atoms with E-state index in [1.165, 1.54) is 47.8 Å². The SMILES string of the molecule is CCc1ccc2c(n1)SC(Nc1cc(CN3CCCC3)ccn1)C2. The molecule has 2 aliphatic heterocycles. The third-order valence-electron chi connectivity index (χ3n) is 4.76. The summed E-state index contributed by atoms with van der Waals surface area (Å²) in [5.74, 6) is 0.979. The van der Waals surface area contributed by atoms with Crippen molar-refractivity contribution < 1.29 is 0 Å². The maximum atomic E-state index is 4.75. The second-order valence-corrected chi connectivity index (χ2v) is 7.80. The van der Waals surface area contributed by atoms with Crippen molar-refractivity contribution in [1.29, 1.82) is 0 Å². The maximum absolute atomic E-state index is 4.75. The van der Waals surface area contributed by atoms with Gasteiger partial charge in [0, 0.05) is 24.9 Å². The Bertz CT molecular complexity index is 712. The van der Waals surface area contributed by atoms with Crippen LogP contribution in [0.4, 0.5) is 5.82 Å². The van der Waals surface area contributed by atoms with Crippen LogP contribution in [0.1, 0.15) is 36.6 Å². The van der Waals surface area contributed by atoms with Crippen molar-refractivity contribution in [3.8, 4) is 0 Å². The molecule has 0 saturated carbocycles. The van der Waals surface area contributed by atoms with Gasteiger partial charge in [0.05, 0.1) is 5.37 Å². The Balaban J connectivity index is 1.41. The van der Waals surface area contributed by atoms with Crippen molar-refractivity contribution in [2.75, 3.05) is 18.4 Å². The van der Waals surface area contributed by atoms with Crippen molar-refractivity contribution in [2.45, 2.75) is 49.6 Å². The third-order valence-corrected chi connectivity index (χ3v) is 5.90. The number of likely N-dealkylation sites (tertiary alicyclic amines) is 1. The lowest BCUT2D eigenvalue weighted by Gasteiger charge is -2.16. The lowest BCUT2D eigenvalue weighted by Crippen LogP contribution is -2.19. The number of aromatic nitrogens is 2. The van der Waals surface area contributed by atoms with Crippen LogP contribution in [0, 0.1) is 0 Å². The second kappa shape index (κ2) is 7.11. The first-order valence-corrected chi connectivity index (χ1v) is 9.77.